The number of imide groups is 1. The lowest BCUT2D eigenvalue weighted by Gasteiger charge is -2.43. The molecule has 2 aromatic rings. The molecule has 28 heavy (non-hydrogen) atoms. The first-order valence-corrected chi connectivity index (χ1v) is 10.2. The van der Waals surface area contributed by atoms with Gasteiger partial charge < -0.3 is 0 Å². The van der Waals surface area contributed by atoms with Crippen LogP contribution in [-0.4, -0.2) is 23.5 Å². The van der Waals surface area contributed by atoms with Crippen molar-refractivity contribution in [2.75, 3.05) is 9.96 Å². The van der Waals surface area contributed by atoms with Gasteiger partial charge in [-0.1, -0.05) is 49.1 Å². The van der Waals surface area contributed by atoms with E-state index in [1.54, 1.807) is 24.3 Å². The van der Waals surface area contributed by atoms with Crippen molar-refractivity contribution >= 4 is 34.8 Å². The number of hydrogen-bond donors (Lipinski definition) is 0. The van der Waals surface area contributed by atoms with Crippen molar-refractivity contribution in [1.82, 2.24) is 0 Å². The van der Waals surface area contributed by atoms with Crippen LogP contribution in [0.2, 0.25) is 5.02 Å². The highest BCUT2D eigenvalue weighted by Gasteiger charge is 2.66. The molecule has 0 radical (unpaired) electrons. The summed E-state index contributed by atoms with van der Waals surface area (Å²) in [5.41, 5.74) is 0.977. The van der Waals surface area contributed by atoms with Gasteiger partial charge in [0.1, 0.15) is 5.92 Å². The van der Waals surface area contributed by atoms with Gasteiger partial charge in [-0.15, -0.1) is 0 Å². The van der Waals surface area contributed by atoms with E-state index in [2.05, 4.69) is 0 Å². The Bertz CT molecular complexity index is 909. The van der Waals surface area contributed by atoms with E-state index < -0.39 is 17.6 Å². The summed E-state index contributed by atoms with van der Waals surface area (Å²) in [6.07, 6.45) is 4.11. The molecule has 1 saturated carbocycles. The Kier molecular flexibility index (Phi) is 4.18. The second-order valence-corrected chi connectivity index (χ2v) is 8.22. The van der Waals surface area contributed by atoms with Crippen LogP contribution in [0.25, 0.3) is 0 Å². The first-order chi connectivity index (χ1) is 13.6. The van der Waals surface area contributed by atoms with Crippen molar-refractivity contribution in [2.45, 2.75) is 43.7 Å². The summed E-state index contributed by atoms with van der Waals surface area (Å²) in [5, 5.41) is 2.44. The van der Waals surface area contributed by atoms with Crippen LogP contribution in [0.15, 0.2) is 54.6 Å². The van der Waals surface area contributed by atoms with E-state index in [4.69, 9.17) is 16.4 Å². The Balaban J connectivity index is 1.56. The third-order valence-electron chi connectivity index (χ3n) is 6.25. The van der Waals surface area contributed by atoms with Crippen LogP contribution in [-0.2, 0) is 14.4 Å². The summed E-state index contributed by atoms with van der Waals surface area (Å²) in [7, 11) is 0. The topological polar surface area (TPSA) is 49.9 Å². The van der Waals surface area contributed by atoms with Crippen LogP contribution in [0.5, 0.6) is 0 Å². The fourth-order valence-corrected chi connectivity index (χ4v) is 5.14. The predicted octanol–water partition coefficient (Wildman–Crippen LogP) is 4.35. The number of fused-ring (bicyclic) bond motifs is 2. The molecule has 6 heteroatoms. The first-order valence-electron chi connectivity index (χ1n) is 9.77. The van der Waals surface area contributed by atoms with Crippen molar-refractivity contribution < 1.29 is 14.4 Å². The Morgan fingerprint density at radius 3 is 2.21 bits per heavy atom. The van der Waals surface area contributed by atoms with E-state index in [0.717, 1.165) is 37.8 Å². The number of hydroxylamine groups is 1. The number of amides is 2. The molecule has 2 aliphatic heterocycles. The number of anilines is 2. The maximum atomic E-state index is 13.5. The van der Waals surface area contributed by atoms with Gasteiger partial charge in [0.15, 0.2) is 6.10 Å². The quantitative estimate of drug-likeness (QED) is 0.708. The van der Waals surface area contributed by atoms with E-state index in [1.165, 1.54) is 4.90 Å². The van der Waals surface area contributed by atoms with Crippen LogP contribution in [0.3, 0.4) is 0 Å². The Morgan fingerprint density at radius 1 is 0.857 bits per heavy atom. The van der Waals surface area contributed by atoms with Gasteiger partial charge in [0.05, 0.1) is 16.9 Å². The highest BCUT2D eigenvalue weighted by Crippen LogP contribution is 2.52. The molecule has 2 heterocycles. The van der Waals surface area contributed by atoms with Gasteiger partial charge in [-0.2, -0.15) is 0 Å². The summed E-state index contributed by atoms with van der Waals surface area (Å²) in [5.74, 6) is -0.950. The summed E-state index contributed by atoms with van der Waals surface area (Å²) in [4.78, 5) is 34.2. The monoisotopic (exact) mass is 396 g/mol. The molecule has 3 fully saturated rings. The van der Waals surface area contributed by atoms with Gasteiger partial charge in [0.2, 0.25) is 5.91 Å². The second kappa shape index (κ2) is 6.61. The number of halogens is 1. The van der Waals surface area contributed by atoms with Crippen molar-refractivity contribution in [3.05, 3.63) is 59.6 Å². The van der Waals surface area contributed by atoms with Gasteiger partial charge in [0.25, 0.3) is 5.91 Å². The summed E-state index contributed by atoms with van der Waals surface area (Å²) in [6.45, 7) is 0. The van der Waals surface area contributed by atoms with E-state index in [1.807, 2.05) is 35.4 Å². The number of rotatable bonds is 2. The highest BCUT2D eigenvalue weighted by atomic mass is 35.5. The van der Waals surface area contributed by atoms with E-state index in [9.17, 15) is 9.59 Å². The fraction of sp³-hybridized carbons (Fsp3) is 0.364. The van der Waals surface area contributed by atoms with Crippen LogP contribution >= 0.6 is 11.6 Å². The molecule has 2 aromatic carbocycles. The lowest BCUT2D eigenvalue weighted by molar-refractivity contribution is -0.126. The molecule has 2 saturated heterocycles. The van der Waals surface area contributed by atoms with Crippen molar-refractivity contribution in [2.24, 2.45) is 5.92 Å². The van der Waals surface area contributed by atoms with Crippen molar-refractivity contribution in [3.63, 3.8) is 0 Å². The lowest BCUT2D eigenvalue weighted by atomic mass is 9.71. The minimum Gasteiger partial charge on any atom is -0.273 e. The van der Waals surface area contributed by atoms with E-state index in [-0.39, 0.29) is 11.8 Å². The van der Waals surface area contributed by atoms with Crippen molar-refractivity contribution in [1.29, 1.82) is 0 Å². The highest BCUT2D eigenvalue weighted by molar-refractivity contribution is 6.31. The number of benzene rings is 2. The van der Waals surface area contributed by atoms with Crippen LogP contribution in [0.1, 0.15) is 32.1 Å². The fourth-order valence-electron chi connectivity index (χ4n) is 5.01. The molecule has 0 aromatic heterocycles. The maximum absolute atomic E-state index is 13.5. The molecule has 5 rings (SSSR count). The van der Waals surface area contributed by atoms with Crippen LogP contribution in [0, 0.1) is 5.92 Å². The lowest BCUT2D eigenvalue weighted by Crippen LogP contribution is -2.53. The predicted molar refractivity (Wildman–Crippen MR) is 107 cm³/mol. The van der Waals surface area contributed by atoms with E-state index in [0.29, 0.717) is 10.7 Å². The molecular weight excluding hydrogens is 376 g/mol. The largest absolute Gasteiger partial charge is 0.273 e. The summed E-state index contributed by atoms with van der Waals surface area (Å²) in [6, 6.07) is 16.6. The molecular formula is C22H21ClN2O3. The van der Waals surface area contributed by atoms with Gasteiger partial charge >= 0.3 is 0 Å². The van der Waals surface area contributed by atoms with Gasteiger partial charge in [-0.25, -0.2) is 9.96 Å². The number of nitrogens with zero attached hydrogens (tertiary/aromatic N) is 2. The number of para-hydroxylation sites is 1. The van der Waals surface area contributed by atoms with E-state index >= 15 is 0 Å². The maximum Gasteiger partial charge on any atom is 0.266 e. The average molecular weight is 397 g/mol. The summed E-state index contributed by atoms with van der Waals surface area (Å²) >= 11 is 5.97. The van der Waals surface area contributed by atoms with Crippen LogP contribution < -0.4 is 9.96 Å². The SMILES string of the molecule is O=C1[C@H]2ON(c3ccccc3)C3(CCCCC3)[C@H]2C(=O)N1c1ccc(Cl)cc1. The Labute approximate surface area is 168 Å². The van der Waals surface area contributed by atoms with Crippen LogP contribution in [0.4, 0.5) is 11.4 Å². The normalized spacial score (nSPS) is 26.2. The third kappa shape index (κ3) is 2.50. The number of carbonyl (C=O) groups excluding carboxylic acids is 2. The number of carbonyl (C=O) groups is 2. The average Bonchev–Trinajstić information content (AvgIpc) is 3.17. The third-order valence-corrected chi connectivity index (χ3v) is 6.50. The zero-order valence-corrected chi connectivity index (χ0v) is 16.1. The van der Waals surface area contributed by atoms with Crippen molar-refractivity contribution in [3.8, 4) is 0 Å². The Morgan fingerprint density at radius 2 is 1.54 bits per heavy atom. The molecule has 0 N–H and O–H groups in total. The van der Waals surface area contributed by atoms with Gasteiger partial charge in [0, 0.05) is 5.02 Å². The minimum atomic E-state index is -0.776. The molecule has 3 aliphatic rings. The first kappa shape index (κ1) is 17.7. The number of hydrogen-bond acceptors (Lipinski definition) is 4. The minimum absolute atomic E-state index is 0.169. The molecule has 0 unspecified atom stereocenters. The standard InChI is InChI=1S/C22H21ClN2O3/c23-15-9-11-16(12-10-15)24-20(26)18-19(21(24)27)28-25(17-7-3-1-4-8-17)22(18)13-5-2-6-14-22/h1,3-4,7-12,18-19H,2,5-6,13-14H2/t18-,19+/m1/s1. The Hall–Kier alpha value is -2.37. The molecule has 0 bridgehead atoms. The molecule has 2 amide bonds. The van der Waals surface area contributed by atoms with Gasteiger partial charge in [-0.3, -0.25) is 14.4 Å². The zero-order valence-electron chi connectivity index (χ0n) is 15.4. The molecule has 1 spiro atoms. The molecule has 144 valence electrons. The zero-order chi connectivity index (χ0) is 19.3. The smallest absolute Gasteiger partial charge is 0.266 e. The molecule has 5 nitrogen and oxygen atoms in total. The van der Waals surface area contributed by atoms with Gasteiger partial charge in [-0.05, 0) is 49.2 Å². The molecule has 2 atom stereocenters. The second-order valence-electron chi connectivity index (χ2n) is 7.79. The summed E-state index contributed by atoms with van der Waals surface area (Å²) < 4.78 is 0. The molecule has 1 aliphatic carbocycles.